The summed E-state index contributed by atoms with van der Waals surface area (Å²) in [5.74, 6) is -3.15. The highest BCUT2D eigenvalue weighted by molar-refractivity contribution is 6.37. The van der Waals surface area contributed by atoms with Crippen LogP contribution in [0.2, 0.25) is 5.02 Å². The maximum atomic E-state index is 13.4. The molecule has 0 fully saturated rings. The first-order chi connectivity index (χ1) is 10.9. The number of ether oxygens (including phenoxy) is 2. The van der Waals surface area contributed by atoms with E-state index in [0.717, 1.165) is 7.11 Å². The van der Waals surface area contributed by atoms with Gasteiger partial charge < -0.3 is 9.47 Å². The fraction of sp³-hybridized carbons (Fsp3) is 0.417. The van der Waals surface area contributed by atoms with Crippen molar-refractivity contribution >= 4 is 35.1 Å². The number of alkyl halides is 6. The van der Waals surface area contributed by atoms with Gasteiger partial charge in [0.2, 0.25) is 0 Å². The highest BCUT2D eigenvalue weighted by Gasteiger charge is 2.46. The van der Waals surface area contributed by atoms with E-state index in [9.17, 15) is 31.5 Å². The molecule has 12 heteroatoms. The number of nitrogens with zero attached hydrogens (tertiary/aromatic N) is 1. The van der Waals surface area contributed by atoms with E-state index in [2.05, 4.69) is 14.5 Å². The van der Waals surface area contributed by atoms with Crippen molar-refractivity contribution in [1.82, 2.24) is 4.98 Å². The quantitative estimate of drug-likeness (QED) is 0.437. The Labute approximate surface area is 141 Å². The van der Waals surface area contributed by atoms with Crippen LogP contribution in [0, 0.1) is 0 Å². The van der Waals surface area contributed by atoms with Gasteiger partial charge in [-0.1, -0.05) is 11.6 Å². The van der Waals surface area contributed by atoms with Crippen molar-refractivity contribution in [1.29, 1.82) is 0 Å². The van der Waals surface area contributed by atoms with E-state index in [1.165, 1.54) is 6.92 Å². The number of methoxy groups -OCH3 is 1. The lowest BCUT2D eigenvalue weighted by atomic mass is 10.1. The van der Waals surface area contributed by atoms with Gasteiger partial charge in [-0.2, -0.15) is 22.0 Å². The molecule has 24 heavy (non-hydrogen) atoms. The van der Waals surface area contributed by atoms with E-state index in [1.54, 1.807) is 0 Å². The number of aromatic nitrogens is 1. The largest absolute Gasteiger partial charge is 0.465 e. The number of halogens is 7. The van der Waals surface area contributed by atoms with Crippen molar-refractivity contribution in [3.63, 3.8) is 0 Å². The van der Waals surface area contributed by atoms with E-state index >= 15 is 0 Å². The summed E-state index contributed by atoms with van der Waals surface area (Å²) in [6.07, 6.45) is -5.35. The minimum absolute atomic E-state index is 0.340. The highest BCUT2D eigenvalue weighted by Crippen LogP contribution is 2.42. The lowest BCUT2D eigenvalue weighted by Crippen LogP contribution is -2.25. The third kappa shape index (κ3) is 4.04. The van der Waals surface area contributed by atoms with Crippen LogP contribution in [0.5, 0.6) is 0 Å². The van der Waals surface area contributed by atoms with Gasteiger partial charge in [-0.25, -0.2) is 14.6 Å². The zero-order valence-electron chi connectivity index (χ0n) is 11.9. The van der Waals surface area contributed by atoms with Gasteiger partial charge in [0, 0.05) is 0 Å². The van der Waals surface area contributed by atoms with Crippen molar-refractivity contribution < 1.29 is 41.0 Å². The van der Waals surface area contributed by atoms with Crippen LogP contribution in [0.25, 0.3) is 0 Å². The van der Waals surface area contributed by atoms with Gasteiger partial charge in [-0.15, -0.1) is 0 Å². The maximum Gasteiger partial charge on any atom is 0.434 e. The lowest BCUT2D eigenvalue weighted by molar-refractivity contribution is -0.142. The van der Waals surface area contributed by atoms with Gasteiger partial charge in [0.05, 0.1) is 18.7 Å². The minimum atomic E-state index is -5.35. The molecule has 1 rings (SSSR count). The number of carbonyl (C=O) groups is 2. The molecule has 1 aromatic rings. The summed E-state index contributed by atoms with van der Waals surface area (Å²) in [5.41, 5.74) is -6.51. The molecule has 134 valence electrons. The third-order valence-corrected chi connectivity index (χ3v) is 3.10. The van der Waals surface area contributed by atoms with Crippen molar-refractivity contribution in [2.45, 2.75) is 18.5 Å². The maximum absolute atomic E-state index is 13.4. The average Bonchev–Trinajstić information content (AvgIpc) is 2.43. The zero-order valence-corrected chi connectivity index (χ0v) is 13.4. The Morgan fingerprint density at radius 3 is 1.96 bits per heavy atom. The van der Waals surface area contributed by atoms with Crippen LogP contribution in [0.4, 0.5) is 22.0 Å². The summed E-state index contributed by atoms with van der Waals surface area (Å²) in [6.45, 7) is 0.947. The molecule has 0 unspecified atom stereocenters. The smallest absolute Gasteiger partial charge is 0.434 e. The number of rotatable bonds is 4. The minimum Gasteiger partial charge on any atom is -0.465 e. The Bertz CT molecular complexity index is 673. The fourth-order valence-electron chi connectivity index (χ4n) is 1.64. The van der Waals surface area contributed by atoms with E-state index in [1.807, 2.05) is 0 Å². The van der Waals surface area contributed by atoms with E-state index < -0.39 is 51.0 Å². The topological polar surface area (TPSA) is 65.5 Å². The molecule has 0 bridgehead atoms. The summed E-state index contributed by atoms with van der Waals surface area (Å²) >= 11 is 10.3. The van der Waals surface area contributed by atoms with E-state index in [-0.39, 0.29) is 6.61 Å². The molecule has 0 amide bonds. The van der Waals surface area contributed by atoms with Crippen molar-refractivity contribution in [3.8, 4) is 0 Å². The van der Waals surface area contributed by atoms with Gasteiger partial charge in [0.1, 0.15) is 16.8 Å². The Morgan fingerprint density at radius 2 is 1.58 bits per heavy atom. The van der Waals surface area contributed by atoms with Crippen LogP contribution in [0.3, 0.4) is 0 Å². The highest BCUT2D eigenvalue weighted by atomic mass is 35.5. The zero-order chi connectivity index (χ0) is 18.9. The molecular formula is C12H8Cl2F5NO4. The molecule has 0 spiro atoms. The van der Waals surface area contributed by atoms with Crippen molar-refractivity contribution in [3.05, 3.63) is 27.5 Å². The number of pyridine rings is 1. The van der Waals surface area contributed by atoms with E-state index in [4.69, 9.17) is 23.2 Å². The van der Waals surface area contributed by atoms with Crippen LogP contribution in [0.1, 0.15) is 39.0 Å². The molecule has 1 heterocycles. The molecule has 5 nitrogen and oxygen atoms in total. The number of hydrogen-bond donors (Lipinski definition) is 0. The van der Waals surface area contributed by atoms with Crippen LogP contribution < -0.4 is 0 Å². The van der Waals surface area contributed by atoms with Crippen LogP contribution >= 0.6 is 23.2 Å². The number of esters is 2. The second kappa shape index (κ2) is 7.06. The standard InChI is InChI=1S/C12H8Cl2F5NO4/c1-3-24-10(22)5-6(13)4(9(21)23-2)7(11(14,15)16)20-8(5)12(17,18)19/h3H2,1-2H3. The molecule has 0 saturated carbocycles. The third-order valence-electron chi connectivity index (χ3n) is 2.54. The molecular weight excluding hydrogens is 388 g/mol. The van der Waals surface area contributed by atoms with Crippen molar-refractivity contribution in [2.75, 3.05) is 13.7 Å². The number of carbonyl (C=O) groups excluding carboxylic acids is 2. The first kappa shape index (κ1) is 20.4. The first-order valence-corrected chi connectivity index (χ1v) is 6.75. The molecule has 0 aliphatic rings. The van der Waals surface area contributed by atoms with Crippen molar-refractivity contribution in [2.24, 2.45) is 0 Å². The Hall–Kier alpha value is -1.68. The molecule has 0 N–H and O–H groups in total. The SMILES string of the molecule is CCOC(=O)c1c(C(F)(F)F)nc(C(F)(F)Cl)c(C(=O)OC)c1Cl. The predicted octanol–water partition coefficient (Wildman–Crippen LogP) is 4.01. The normalized spacial score (nSPS) is 12.0. The summed E-state index contributed by atoms with van der Waals surface area (Å²) in [5, 5.41) is -5.74. The summed E-state index contributed by atoms with van der Waals surface area (Å²) < 4.78 is 74.6. The summed E-state index contributed by atoms with van der Waals surface area (Å²) in [7, 11) is 0.760. The molecule has 0 radical (unpaired) electrons. The second-order valence-electron chi connectivity index (χ2n) is 4.08. The summed E-state index contributed by atoms with van der Waals surface area (Å²) in [6, 6.07) is 0. The second-order valence-corrected chi connectivity index (χ2v) is 4.93. The molecule has 1 aromatic heterocycles. The molecule has 0 aromatic carbocycles. The Morgan fingerprint density at radius 1 is 1.08 bits per heavy atom. The van der Waals surface area contributed by atoms with Gasteiger partial charge in [0.25, 0.3) is 0 Å². The first-order valence-electron chi connectivity index (χ1n) is 5.99. The fourth-order valence-corrected chi connectivity index (χ4v) is 2.11. The lowest BCUT2D eigenvalue weighted by Gasteiger charge is -2.19. The van der Waals surface area contributed by atoms with Crippen LogP contribution in [-0.2, 0) is 21.0 Å². The van der Waals surface area contributed by atoms with Gasteiger partial charge >= 0.3 is 23.5 Å². The molecule has 0 aliphatic heterocycles. The predicted molar refractivity (Wildman–Crippen MR) is 71.3 cm³/mol. The monoisotopic (exact) mass is 395 g/mol. The Balaban J connectivity index is 3.95. The molecule has 0 atom stereocenters. The summed E-state index contributed by atoms with van der Waals surface area (Å²) in [4.78, 5) is 26.0. The van der Waals surface area contributed by atoms with Gasteiger partial charge in [-0.05, 0) is 18.5 Å². The number of hydrogen-bond acceptors (Lipinski definition) is 5. The van der Waals surface area contributed by atoms with Gasteiger partial charge in [-0.3, -0.25) is 0 Å². The van der Waals surface area contributed by atoms with Crippen LogP contribution in [-0.4, -0.2) is 30.6 Å². The van der Waals surface area contributed by atoms with E-state index in [0.29, 0.717) is 0 Å². The Kier molecular flexibility index (Phi) is 5.99. The molecule has 0 saturated heterocycles. The molecule has 0 aliphatic carbocycles. The average molecular weight is 396 g/mol. The van der Waals surface area contributed by atoms with Crippen LogP contribution in [0.15, 0.2) is 0 Å². The van der Waals surface area contributed by atoms with Gasteiger partial charge in [0.15, 0.2) is 5.69 Å².